The van der Waals surface area contributed by atoms with E-state index < -0.39 is 10.0 Å². The van der Waals surface area contributed by atoms with Gasteiger partial charge in [-0.25, -0.2) is 8.42 Å². The predicted octanol–water partition coefficient (Wildman–Crippen LogP) is 0.198. The molecule has 5 nitrogen and oxygen atoms in total. The molecule has 1 N–H and O–H groups in total. The van der Waals surface area contributed by atoms with Gasteiger partial charge in [-0.3, -0.25) is 0 Å². The summed E-state index contributed by atoms with van der Waals surface area (Å²) in [6, 6.07) is 0.523. The largest absolute Gasteiger partial charge is 0.314 e. The molecule has 1 atom stereocenters. The average molecular weight is 277 g/mol. The minimum absolute atomic E-state index is 0.523. The first-order valence-corrected chi connectivity index (χ1v) is 8.54. The quantitative estimate of drug-likeness (QED) is 0.753. The SMILES string of the molecule is CC(CNC(C)C)CN1CCN(S(C)(=O)=O)CC1. The van der Waals surface area contributed by atoms with E-state index in [2.05, 4.69) is 31.0 Å². The van der Waals surface area contributed by atoms with E-state index in [9.17, 15) is 8.42 Å². The zero-order valence-electron chi connectivity index (χ0n) is 12.0. The van der Waals surface area contributed by atoms with Crippen molar-refractivity contribution in [3.63, 3.8) is 0 Å². The number of hydrogen-bond donors (Lipinski definition) is 1. The Morgan fingerprint density at radius 1 is 1.11 bits per heavy atom. The second kappa shape index (κ2) is 6.84. The van der Waals surface area contributed by atoms with Crippen LogP contribution in [0, 0.1) is 5.92 Å². The molecule has 108 valence electrons. The summed E-state index contributed by atoms with van der Waals surface area (Å²) in [6.07, 6.45) is 1.29. The van der Waals surface area contributed by atoms with Crippen LogP contribution in [0.5, 0.6) is 0 Å². The van der Waals surface area contributed by atoms with Crippen LogP contribution in [0.4, 0.5) is 0 Å². The van der Waals surface area contributed by atoms with Crippen LogP contribution in [-0.4, -0.2) is 69.2 Å². The van der Waals surface area contributed by atoms with Crippen molar-refractivity contribution < 1.29 is 8.42 Å². The summed E-state index contributed by atoms with van der Waals surface area (Å²) in [5, 5.41) is 3.43. The fourth-order valence-electron chi connectivity index (χ4n) is 2.19. The molecule has 18 heavy (non-hydrogen) atoms. The number of sulfonamides is 1. The van der Waals surface area contributed by atoms with Crippen molar-refractivity contribution >= 4 is 10.0 Å². The van der Waals surface area contributed by atoms with Gasteiger partial charge < -0.3 is 10.2 Å². The fraction of sp³-hybridized carbons (Fsp3) is 1.00. The maximum Gasteiger partial charge on any atom is 0.211 e. The Balaban J connectivity index is 2.27. The van der Waals surface area contributed by atoms with Crippen LogP contribution < -0.4 is 5.32 Å². The zero-order chi connectivity index (χ0) is 13.8. The summed E-state index contributed by atoms with van der Waals surface area (Å²) in [4.78, 5) is 2.36. The van der Waals surface area contributed by atoms with E-state index in [-0.39, 0.29) is 0 Å². The van der Waals surface area contributed by atoms with Gasteiger partial charge >= 0.3 is 0 Å². The molecule has 1 unspecified atom stereocenters. The van der Waals surface area contributed by atoms with Crippen molar-refractivity contribution in [3.8, 4) is 0 Å². The van der Waals surface area contributed by atoms with Crippen molar-refractivity contribution in [2.45, 2.75) is 26.8 Å². The molecular formula is C12H27N3O2S. The van der Waals surface area contributed by atoms with Gasteiger partial charge in [0.2, 0.25) is 10.0 Å². The number of nitrogens with one attached hydrogen (secondary N) is 1. The Labute approximate surface area is 112 Å². The average Bonchev–Trinajstić information content (AvgIpc) is 2.26. The van der Waals surface area contributed by atoms with E-state index in [1.807, 2.05) is 0 Å². The lowest BCUT2D eigenvalue weighted by molar-refractivity contribution is 0.167. The van der Waals surface area contributed by atoms with Gasteiger partial charge in [0.15, 0.2) is 0 Å². The Bertz CT molecular complexity index is 335. The van der Waals surface area contributed by atoms with Crippen molar-refractivity contribution in [1.82, 2.24) is 14.5 Å². The van der Waals surface area contributed by atoms with Crippen molar-refractivity contribution in [1.29, 1.82) is 0 Å². The number of hydrogen-bond acceptors (Lipinski definition) is 4. The third-order valence-electron chi connectivity index (χ3n) is 3.24. The normalized spacial score (nSPS) is 21.4. The van der Waals surface area contributed by atoms with E-state index in [4.69, 9.17) is 0 Å². The highest BCUT2D eigenvalue weighted by molar-refractivity contribution is 7.88. The van der Waals surface area contributed by atoms with Crippen molar-refractivity contribution in [2.24, 2.45) is 5.92 Å². The van der Waals surface area contributed by atoms with Gasteiger partial charge in [-0.15, -0.1) is 0 Å². The molecule has 0 radical (unpaired) electrons. The van der Waals surface area contributed by atoms with E-state index in [1.165, 1.54) is 6.26 Å². The molecule has 0 bridgehead atoms. The maximum absolute atomic E-state index is 11.4. The molecule has 1 saturated heterocycles. The summed E-state index contributed by atoms with van der Waals surface area (Å²) in [5.41, 5.74) is 0. The summed E-state index contributed by atoms with van der Waals surface area (Å²) >= 11 is 0. The van der Waals surface area contributed by atoms with E-state index in [1.54, 1.807) is 4.31 Å². The van der Waals surface area contributed by atoms with Gasteiger partial charge in [0, 0.05) is 38.8 Å². The van der Waals surface area contributed by atoms with Gasteiger partial charge in [-0.1, -0.05) is 20.8 Å². The van der Waals surface area contributed by atoms with E-state index in [0.29, 0.717) is 25.0 Å². The standard InChI is InChI=1S/C12H27N3O2S/c1-11(2)13-9-12(3)10-14-5-7-15(8-6-14)18(4,16)17/h11-13H,5-10H2,1-4H3. The third kappa shape index (κ3) is 5.65. The lowest BCUT2D eigenvalue weighted by Crippen LogP contribution is -2.49. The van der Waals surface area contributed by atoms with E-state index in [0.717, 1.165) is 26.2 Å². The molecule has 0 amide bonds. The number of piperazine rings is 1. The molecule has 1 rings (SSSR count). The van der Waals surface area contributed by atoms with Crippen LogP contribution in [0.2, 0.25) is 0 Å². The molecule has 0 aromatic carbocycles. The predicted molar refractivity (Wildman–Crippen MR) is 75.2 cm³/mol. The van der Waals surface area contributed by atoms with Crippen LogP contribution in [0.1, 0.15) is 20.8 Å². The molecule has 1 aliphatic rings. The minimum Gasteiger partial charge on any atom is -0.314 e. The molecule has 1 fully saturated rings. The molecule has 0 aromatic heterocycles. The van der Waals surface area contributed by atoms with Crippen LogP contribution in [0.3, 0.4) is 0 Å². The zero-order valence-corrected chi connectivity index (χ0v) is 12.8. The van der Waals surface area contributed by atoms with E-state index >= 15 is 0 Å². The Kier molecular flexibility index (Phi) is 6.04. The van der Waals surface area contributed by atoms with Gasteiger partial charge in [-0.2, -0.15) is 4.31 Å². The molecule has 1 aliphatic heterocycles. The second-order valence-corrected chi connectivity index (χ2v) is 7.61. The highest BCUT2D eigenvalue weighted by Gasteiger charge is 2.23. The summed E-state index contributed by atoms with van der Waals surface area (Å²) in [6.45, 7) is 11.5. The smallest absolute Gasteiger partial charge is 0.211 e. The van der Waals surface area contributed by atoms with Gasteiger partial charge in [0.25, 0.3) is 0 Å². The summed E-state index contributed by atoms with van der Waals surface area (Å²) in [7, 11) is -3.00. The van der Waals surface area contributed by atoms with Crippen LogP contribution in [-0.2, 0) is 10.0 Å². The van der Waals surface area contributed by atoms with Gasteiger partial charge in [-0.05, 0) is 12.5 Å². The van der Waals surface area contributed by atoms with Crippen LogP contribution in [0.25, 0.3) is 0 Å². The van der Waals surface area contributed by atoms with Crippen molar-refractivity contribution in [3.05, 3.63) is 0 Å². The molecule has 1 heterocycles. The van der Waals surface area contributed by atoms with Crippen LogP contribution in [0.15, 0.2) is 0 Å². The molecule has 6 heteroatoms. The monoisotopic (exact) mass is 277 g/mol. The summed E-state index contributed by atoms with van der Waals surface area (Å²) in [5.74, 6) is 0.595. The lowest BCUT2D eigenvalue weighted by Gasteiger charge is -2.34. The summed E-state index contributed by atoms with van der Waals surface area (Å²) < 4.78 is 24.4. The first-order valence-electron chi connectivity index (χ1n) is 6.70. The van der Waals surface area contributed by atoms with Gasteiger partial charge in [0.1, 0.15) is 0 Å². The first kappa shape index (κ1) is 15.9. The molecule has 0 saturated carbocycles. The topological polar surface area (TPSA) is 52.6 Å². The fourth-order valence-corrected chi connectivity index (χ4v) is 3.01. The molecule has 0 spiro atoms. The number of rotatable bonds is 6. The maximum atomic E-state index is 11.4. The number of nitrogens with zero attached hydrogens (tertiary/aromatic N) is 2. The molecule has 0 aromatic rings. The highest BCUT2D eigenvalue weighted by Crippen LogP contribution is 2.08. The van der Waals surface area contributed by atoms with Gasteiger partial charge in [0.05, 0.1) is 6.26 Å². The second-order valence-electron chi connectivity index (χ2n) is 5.63. The third-order valence-corrected chi connectivity index (χ3v) is 4.55. The molecule has 0 aliphatic carbocycles. The van der Waals surface area contributed by atoms with Crippen molar-refractivity contribution in [2.75, 3.05) is 45.5 Å². The Morgan fingerprint density at radius 2 is 1.67 bits per heavy atom. The first-order chi connectivity index (χ1) is 8.29. The highest BCUT2D eigenvalue weighted by atomic mass is 32.2. The molecular weight excluding hydrogens is 250 g/mol. The Morgan fingerprint density at radius 3 is 2.11 bits per heavy atom. The Hall–Kier alpha value is -0.170. The lowest BCUT2D eigenvalue weighted by atomic mass is 10.1. The van der Waals surface area contributed by atoms with Crippen LogP contribution >= 0.6 is 0 Å². The minimum atomic E-state index is -3.00.